The van der Waals surface area contributed by atoms with Gasteiger partial charge in [0, 0.05) is 19.1 Å². The lowest BCUT2D eigenvalue weighted by atomic mass is 9.93. The van der Waals surface area contributed by atoms with Crippen LogP contribution in [0.3, 0.4) is 0 Å². The van der Waals surface area contributed by atoms with Crippen molar-refractivity contribution in [2.45, 2.75) is 65.6 Å². The van der Waals surface area contributed by atoms with Gasteiger partial charge in [0.1, 0.15) is 5.54 Å². The number of methoxy groups -OCH3 is 1. The summed E-state index contributed by atoms with van der Waals surface area (Å²) in [6.07, 6.45) is 0.618. The Morgan fingerprint density at radius 3 is 2.17 bits per heavy atom. The van der Waals surface area contributed by atoms with E-state index >= 15 is 0 Å². The maximum Gasteiger partial charge on any atom is 0.325 e. The molecule has 0 aromatic heterocycles. The van der Waals surface area contributed by atoms with Gasteiger partial charge in [0.25, 0.3) is 0 Å². The lowest BCUT2D eigenvalue weighted by Gasteiger charge is -2.32. The van der Waals surface area contributed by atoms with Gasteiger partial charge in [-0.05, 0) is 33.6 Å². The molecule has 0 heterocycles. The Morgan fingerprint density at radius 1 is 1.22 bits per heavy atom. The predicted octanol–water partition coefficient (Wildman–Crippen LogP) is 2.37. The maximum atomic E-state index is 11.9. The molecule has 0 rings (SSSR count). The average molecular weight is 259 g/mol. The quantitative estimate of drug-likeness (QED) is 0.680. The van der Waals surface area contributed by atoms with Crippen LogP contribution >= 0.6 is 0 Å². The van der Waals surface area contributed by atoms with Crippen molar-refractivity contribution in [2.75, 3.05) is 13.7 Å². The highest BCUT2D eigenvalue weighted by Crippen LogP contribution is 2.18. The Morgan fingerprint density at radius 2 is 1.78 bits per heavy atom. The first-order valence-electron chi connectivity index (χ1n) is 6.69. The fraction of sp³-hybridized carbons (Fsp3) is 0.929. The molecule has 4 heteroatoms. The van der Waals surface area contributed by atoms with E-state index in [1.165, 1.54) is 7.11 Å². The van der Waals surface area contributed by atoms with Crippen LogP contribution in [0.1, 0.15) is 48.0 Å². The van der Waals surface area contributed by atoms with Crippen molar-refractivity contribution in [2.24, 2.45) is 5.92 Å². The Hall–Kier alpha value is -0.610. The van der Waals surface area contributed by atoms with E-state index in [1.807, 2.05) is 27.7 Å². The second-order valence-electron chi connectivity index (χ2n) is 5.86. The first kappa shape index (κ1) is 17.4. The van der Waals surface area contributed by atoms with Crippen LogP contribution in [0, 0.1) is 5.92 Å². The van der Waals surface area contributed by atoms with Crippen LogP contribution in [-0.2, 0) is 14.3 Å². The Bertz CT molecular complexity index is 253. The van der Waals surface area contributed by atoms with Gasteiger partial charge in [-0.1, -0.05) is 13.8 Å². The van der Waals surface area contributed by atoms with Crippen LogP contribution in [0.2, 0.25) is 0 Å². The number of hydrogen-bond acceptors (Lipinski definition) is 4. The first-order valence-corrected chi connectivity index (χ1v) is 6.69. The molecule has 0 radical (unpaired) electrons. The molecule has 0 bridgehead atoms. The largest absolute Gasteiger partial charge is 0.468 e. The number of ether oxygens (including phenoxy) is 2. The van der Waals surface area contributed by atoms with Crippen molar-refractivity contribution in [3.05, 3.63) is 0 Å². The van der Waals surface area contributed by atoms with E-state index in [2.05, 4.69) is 19.2 Å². The van der Waals surface area contributed by atoms with Crippen LogP contribution in [0.4, 0.5) is 0 Å². The molecule has 2 unspecified atom stereocenters. The molecule has 0 amide bonds. The standard InChI is InChI=1S/C14H29NO3/c1-10(2)9-18-12(5)8-14(6,13(16)17-7)15-11(3)4/h10-12,15H,8-9H2,1-7H3. The van der Waals surface area contributed by atoms with E-state index in [1.54, 1.807) is 0 Å². The van der Waals surface area contributed by atoms with Crippen molar-refractivity contribution in [3.63, 3.8) is 0 Å². The van der Waals surface area contributed by atoms with Gasteiger partial charge in [-0.15, -0.1) is 0 Å². The smallest absolute Gasteiger partial charge is 0.325 e. The molecule has 1 N–H and O–H groups in total. The van der Waals surface area contributed by atoms with E-state index in [0.29, 0.717) is 18.9 Å². The van der Waals surface area contributed by atoms with Gasteiger partial charge in [-0.3, -0.25) is 10.1 Å². The molecule has 0 aliphatic rings. The monoisotopic (exact) mass is 259 g/mol. The minimum Gasteiger partial charge on any atom is -0.468 e. The number of hydrogen-bond donors (Lipinski definition) is 1. The first-order chi connectivity index (χ1) is 8.21. The summed E-state index contributed by atoms with van der Waals surface area (Å²) in [5.41, 5.74) is -0.695. The summed E-state index contributed by atoms with van der Waals surface area (Å²) >= 11 is 0. The number of carbonyl (C=O) groups excluding carboxylic acids is 1. The molecular weight excluding hydrogens is 230 g/mol. The SMILES string of the molecule is COC(=O)C(C)(CC(C)OCC(C)C)NC(C)C. The second kappa shape index (κ2) is 7.74. The molecule has 0 aromatic rings. The van der Waals surface area contributed by atoms with Crippen LogP contribution in [0.15, 0.2) is 0 Å². The topological polar surface area (TPSA) is 47.6 Å². The summed E-state index contributed by atoms with van der Waals surface area (Å²) in [5, 5.41) is 3.27. The summed E-state index contributed by atoms with van der Waals surface area (Å²) < 4.78 is 10.6. The molecular formula is C14H29NO3. The summed E-state index contributed by atoms with van der Waals surface area (Å²) in [5.74, 6) is 0.256. The fourth-order valence-corrected chi connectivity index (χ4v) is 2.05. The molecule has 0 saturated heterocycles. The van der Waals surface area contributed by atoms with Crippen molar-refractivity contribution in [1.82, 2.24) is 5.32 Å². The minimum atomic E-state index is -0.695. The Balaban J connectivity index is 4.53. The van der Waals surface area contributed by atoms with Gasteiger partial charge in [0.2, 0.25) is 0 Å². The Labute approximate surface area is 111 Å². The summed E-state index contributed by atoms with van der Waals surface area (Å²) in [7, 11) is 1.42. The van der Waals surface area contributed by atoms with Crippen molar-refractivity contribution in [3.8, 4) is 0 Å². The molecule has 0 aromatic carbocycles. The fourth-order valence-electron chi connectivity index (χ4n) is 2.05. The van der Waals surface area contributed by atoms with Gasteiger partial charge >= 0.3 is 5.97 Å². The molecule has 108 valence electrons. The lowest BCUT2D eigenvalue weighted by molar-refractivity contribution is -0.150. The molecule has 18 heavy (non-hydrogen) atoms. The zero-order valence-electron chi connectivity index (χ0n) is 12.9. The van der Waals surface area contributed by atoms with Gasteiger partial charge in [0.15, 0.2) is 0 Å². The van der Waals surface area contributed by atoms with Crippen LogP contribution in [-0.4, -0.2) is 37.4 Å². The number of carbonyl (C=O) groups is 1. The average Bonchev–Trinajstić information content (AvgIpc) is 2.23. The van der Waals surface area contributed by atoms with Gasteiger partial charge in [-0.25, -0.2) is 0 Å². The third-order valence-corrected chi connectivity index (χ3v) is 2.65. The molecule has 4 nitrogen and oxygen atoms in total. The number of nitrogens with one attached hydrogen (secondary N) is 1. The Kier molecular flexibility index (Phi) is 7.48. The molecule has 0 aliphatic carbocycles. The normalized spacial score (nSPS) is 16.7. The highest BCUT2D eigenvalue weighted by molar-refractivity contribution is 5.80. The molecule has 0 aliphatic heterocycles. The van der Waals surface area contributed by atoms with Crippen molar-refractivity contribution < 1.29 is 14.3 Å². The summed E-state index contributed by atoms with van der Waals surface area (Å²) in [4.78, 5) is 11.9. The zero-order chi connectivity index (χ0) is 14.3. The molecule has 0 fully saturated rings. The maximum absolute atomic E-state index is 11.9. The van der Waals surface area contributed by atoms with Crippen LogP contribution in [0.5, 0.6) is 0 Å². The molecule has 2 atom stereocenters. The van der Waals surface area contributed by atoms with Crippen molar-refractivity contribution >= 4 is 5.97 Å². The van der Waals surface area contributed by atoms with Crippen LogP contribution < -0.4 is 5.32 Å². The summed E-state index contributed by atoms with van der Waals surface area (Å²) in [6.45, 7) is 12.8. The third-order valence-electron chi connectivity index (χ3n) is 2.65. The number of rotatable bonds is 8. The highest BCUT2D eigenvalue weighted by atomic mass is 16.5. The van der Waals surface area contributed by atoms with E-state index in [9.17, 15) is 4.79 Å². The van der Waals surface area contributed by atoms with E-state index in [0.717, 1.165) is 0 Å². The number of esters is 1. The zero-order valence-corrected chi connectivity index (χ0v) is 12.9. The third kappa shape index (κ3) is 6.36. The minimum absolute atomic E-state index is 0.0164. The van der Waals surface area contributed by atoms with E-state index in [4.69, 9.17) is 9.47 Å². The molecule has 0 saturated carbocycles. The predicted molar refractivity (Wildman–Crippen MR) is 73.6 cm³/mol. The van der Waals surface area contributed by atoms with Crippen molar-refractivity contribution in [1.29, 1.82) is 0 Å². The second-order valence-corrected chi connectivity index (χ2v) is 5.86. The van der Waals surface area contributed by atoms with Gasteiger partial charge in [0.05, 0.1) is 13.2 Å². The highest BCUT2D eigenvalue weighted by Gasteiger charge is 2.36. The van der Waals surface area contributed by atoms with E-state index < -0.39 is 5.54 Å². The van der Waals surface area contributed by atoms with Gasteiger partial charge in [-0.2, -0.15) is 0 Å². The molecule has 0 spiro atoms. The van der Waals surface area contributed by atoms with Crippen LogP contribution in [0.25, 0.3) is 0 Å². The van der Waals surface area contributed by atoms with Gasteiger partial charge < -0.3 is 9.47 Å². The summed E-state index contributed by atoms with van der Waals surface area (Å²) in [6, 6.07) is 0.214. The lowest BCUT2D eigenvalue weighted by Crippen LogP contribution is -2.54. The van der Waals surface area contributed by atoms with E-state index in [-0.39, 0.29) is 18.1 Å².